The molecule has 0 aliphatic heterocycles. The van der Waals surface area contributed by atoms with E-state index in [0.29, 0.717) is 16.9 Å². The smallest absolute Gasteiger partial charge is 0.167 e. The van der Waals surface area contributed by atoms with Crippen molar-refractivity contribution in [2.45, 2.75) is 52.6 Å². The molecule has 0 unspecified atom stereocenters. The molecule has 9 nitrogen and oxygen atoms in total. The molecule has 1 aromatic heterocycles. The highest BCUT2D eigenvalue weighted by molar-refractivity contribution is 5.76. The minimum absolute atomic E-state index is 0.0548. The molecule has 1 fully saturated rings. The monoisotopic (exact) mass is 515 g/mol. The van der Waals surface area contributed by atoms with Gasteiger partial charge in [0.1, 0.15) is 34.5 Å². The van der Waals surface area contributed by atoms with Crippen LogP contribution in [0.2, 0.25) is 0 Å². The molecule has 0 atom stereocenters. The van der Waals surface area contributed by atoms with E-state index in [9.17, 15) is 25.5 Å². The maximum atomic E-state index is 11.2. The summed E-state index contributed by atoms with van der Waals surface area (Å²) in [5, 5.41) is 52.7. The summed E-state index contributed by atoms with van der Waals surface area (Å²) >= 11 is 0. The zero-order chi connectivity index (χ0) is 27.1. The number of ether oxygens (including phenoxy) is 1. The Hall–Kier alpha value is -4.53. The van der Waals surface area contributed by atoms with Gasteiger partial charge in [0.05, 0.1) is 22.8 Å². The zero-order valence-corrected chi connectivity index (χ0v) is 21.4. The number of hydrogen-bond acceptors (Lipinski definition) is 9. The average molecular weight is 516 g/mol. The Morgan fingerprint density at radius 1 is 0.579 bits per heavy atom. The number of aromatic nitrogens is 3. The van der Waals surface area contributed by atoms with Crippen molar-refractivity contribution in [3.8, 4) is 68.7 Å². The normalized spacial score (nSPS) is 13.7. The van der Waals surface area contributed by atoms with Gasteiger partial charge in [-0.1, -0.05) is 0 Å². The minimum atomic E-state index is -0.208. The van der Waals surface area contributed by atoms with Crippen molar-refractivity contribution in [1.29, 1.82) is 0 Å². The molecule has 5 rings (SSSR count). The summed E-state index contributed by atoms with van der Waals surface area (Å²) in [6.45, 7) is 4.88. The average Bonchev–Trinajstić information content (AvgIpc) is 3.42. The first-order valence-electron chi connectivity index (χ1n) is 12.4. The van der Waals surface area contributed by atoms with Gasteiger partial charge in [-0.25, -0.2) is 15.0 Å². The summed E-state index contributed by atoms with van der Waals surface area (Å²) < 4.78 is 6.12. The fourth-order valence-corrected chi connectivity index (χ4v) is 4.65. The Morgan fingerprint density at radius 3 is 1.42 bits per heavy atom. The fraction of sp³-hybridized carbons (Fsp3) is 0.276. The van der Waals surface area contributed by atoms with Gasteiger partial charge in [-0.3, -0.25) is 0 Å². The summed E-state index contributed by atoms with van der Waals surface area (Å²) in [5.41, 5.74) is 1.83. The molecule has 0 amide bonds. The van der Waals surface area contributed by atoms with E-state index in [-0.39, 0.29) is 74.6 Å². The number of hydrogen-bond donors (Lipinski definition) is 5. The number of aromatic hydroxyl groups is 5. The third kappa shape index (κ3) is 4.40. The van der Waals surface area contributed by atoms with Crippen LogP contribution in [0, 0.1) is 20.8 Å². The second kappa shape index (κ2) is 9.74. The predicted octanol–water partition coefficient (Wildman–Crippen LogP) is 5.65. The first-order chi connectivity index (χ1) is 18.2. The molecule has 0 spiro atoms. The third-order valence-electron chi connectivity index (χ3n) is 7.14. The molecule has 5 N–H and O–H groups in total. The minimum Gasteiger partial charge on any atom is -0.508 e. The van der Waals surface area contributed by atoms with Crippen molar-refractivity contribution in [3.63, 3.8) is 0 Å². The lowest BCUT2D eigenvalue weighted by Gasteiger charge is -2.17. The topological polar surface area (TPSA) is 149 Å². The van der Waals surface area contributed by atoms with Crippen LogP contribution in [0.1, 0.15) is 42.4 Å². The van der Waals surface area contributed by atoms with Gasteiger partial charge in [0, 0.05) is 16.7 Å². The van der Waals surface area contributed by atoms with Crippen LogP contribution in [0.3, 0.4) is 0 Å². The summed E-state index contributed by atoms with van der Waals surface area (Å²) in [4.78, 5) is 13.6. The molecule has 0 radical (unpaired) electrons. The Kier molecular flexibility index (Phi) is 6.44. The molecule has 38 heavy (non-hydrogen) atoms. The first-order valence-corrected chi connectivity index (χ1v) is 12.4. The Morgan fingerprint density at radius 2 is 0.974 bits per heavy atom. The molecule has 3 aromatic carbocycles. The summed E-state index contributed by atoms with van der Waals surface area (Å²) in [5.74, 6) is 0.190. The molecule has 1 aliphatic carbocycles. The van der Waals surface area contributed by atoms with Crippen LogP contribution in [0.25, 0.3) is 34.2 Å². The van der Waals surface area contributed by atoms with Gasteiger partial charge < -0.3 is 30.3 Å². The second-order valence-corrected chi connectivity index (χ2v) is 9.63. The van der Waals surface area contributed by atoms with Gasteiger partial charge in [0.25, 0.3) is 0 Å². The zero-order valence-electron chi connectivity index (χ0n) is 21.4. The maximum Gasteiger partial charge on any atom is 0.167 e. The lowest BCUT2D eigenvalue weighted by atomic mass is 10.1. The quantitative estimate of drug-likeness (QED) is 0.227. The van der Waals surface area contributed by atoms with Gasteiger partial charge >= 0.3 is 0 Å². The lowest BCUT2D eigenvalue weighted by Crippen LogP contribution is -2.11. The standard InChI is InChI=1S/C29H29N3O6/c1-14-21(33)11-8-18(24(14)35)27-30-28(19-9-12-22(34)15(2)25(19)36)32-29(31-27)20-10-13-23(16(3)26(20)37)38-17-6-4-5-7-17/h8-13,17,33-37H,4-7H2,1-3H3. The van der Waals surface area contributed by atoms with Crippen LogP contribution < -0.4 is 4.74 Å². The Labute approximate surface area is 219 Å². The molecule has 1 saturated carbocycles. The van der Waals surface area contributed by atoms with Crippen LogP contribution in [0.15, 0.2) is 36.4 Å². The fourth-order valence-electron chi connectivity index (χ4n) is 4.65. The third-order valence-corrected chi connectivity index (χ3v) is 7.14. The summed E-state index contributed by atoms with van der Waals surface area (Å²) in [6.07, 6.45) is 4.32. The van der Waals surface area contributed by atoms with E-state index < -0.39 is 0 Å². The molecule has 9 heteroatoms. The van der Waals surface area contributed by atoms with E-state index in [2.05, 4.69) is 15.0 Å². The van der Waals surface area contributed by atoms with Gasteiger partial charge in [0.2, 0.25) is 0 Å². The summed E-state index contributed by atoms with van der Waals surface area (Å²) in [7, 11) is 0. The Bertz CT molecular complexity index is 1470. The second-order valence-electron chi connectivity index (χ2n) is 9.63. The molecule has 0 bridgehead atoms. The lowest BCUT2D eigenvalue weighted by molar-refractivity contribution is 0.208. The van der Waals surface area contributed by atoms with Crippen LogP contribution in [-0.4, -0.2) is 46.6 Å². The van der Waals surface area contributed by atoms with Crippen LogP contribution in [0.5, 0.6) is 34.5 Å². The number of phenols is 5. The van der Waals surface area contributed by atoms with E-state index in [4.69, 9.17) is 4.74 Å². The first kappa shape index (κ1) is 25.1. The molecule has 1 aliphatic rings. The van der Waals surface area contributed by atoms with Crippen LogP contribution >= 0.6 is 0 Å². The molecule has 4 aromatic rings. The number of phenolic OH excluding ortho intramolecular Hbond substituents is 5. The highest BCUT2D eigenvalue weighted by Gasteiger charge is 2.23. The molecule has 1 heterocycles. The van der Waals surface area contributed by atoms with Gasteiger partial charge in [-0.15, -0.1) is 0 Å². The molecular formula is C29H29N3O6. The van der Waals surface area contributed by atoms with Gasteiger partial charge in [0.15, 0.2) is 17.5 Å². The number of nitrogens with zero attached hydrogens (tertiary/aromatic N) is 3. The van der Waals surface area contributed by atoms with Crippen LogP contribution in [-0.2, 0) is 0 Å². The Balaban J connectivity index is 1.69. The van der Waals surface area contributed by atoms with E-state index >= 15 is 0 Å². The van der Waals surface area contributed by atoms with Crippen molar-refractivity contribution in [3.05, 3.63) is 53.1 Å². The van der Waals surface area contributed by atoms with E-state index in [1.807, 2.05) is 0 Å². The highest BCUT2D eigenvalue weighted by Crippen LogP contribution is 2.41. The largest absolute Gasteiger partial charge is 0.508 e. The van der Waals surface area contributed by atoms with E-state index in [1.165, 1.54) is 24.3 Å². The number of rotatable bonds is 5. The highest BCUT2D eigenvalue weighted by atomic mass is 16.5. The molecule has 0 saturated heterocycles. The van der Waals surface area contributed by atoms with Crippen molar-refractivity contribution >= 4 is 0 Å². The van der Waals surface area contributed by atoms with Crippen molar-refractivity contribution in [1.82, 2.24) is 15.0 Å². The van der Waals surface area contributed by atoms with E-state index in [1.54, 1.807) is 32.9 Å². The van der Waals surface area contributed by atoms with Crippen LogP contribution in [0.4, 0.5) is 0 Å². The van der Waals surface area contributed by atoms with Crippen molar-refractivity contribution < 1.29 is 30.3 Å². The molecule has 196 valence electrons. The number of benzene rings is 3. The van der Waals surface area contributed by atoms with Crippen molar-refractivity contribution in [2.24, 2.45) is 0 Å². The predicted molar refractivity (Wildman–Crippen MR) is 142 cm³/mol. The van der Waals surface area contributed by atoms with Gasteiger partial charge in [-0.05, 0) is 82.9 Å². The SMILES string of the molecule is Cc1c(O)ccc(-c2nc(-c3ccc(O)c(C)c3O)nc(-c3ccc(OC4CCCC4)c(C)c3O)n2)c1O. The summed E-state index contributed by atoms with van der Waals surface area (Å²) in [6, 6.07) is 9.24. The maximum absolute atomic E-state index is 11.2. The van der Waals surface area contributed by atoms with Crippen molar-refractivity contribution in [2.75, 3.05) is 0 Å². The molecular weight excluding hydrogens is 486 g/mol. The van der Waals surface area contributed by atoms with Gasteiger partial charge in [-0.2, -0.15) is 0 Å². The van der Waals surface area contributed by atoms with E-state index in [0.717, 1.165) is 25.7 Å².